The molecule has 3 aliphatic heterocycles. The Hall–Kier alpha value is -3.45. The smallest absolute Gasteiger partial charge is 0.318 e. The summed E-state index contributed by atoms with van der Waals surface area (Å²) in [5.41, 5.74) is 4.78. The zero-order valence-corrected chi connectivity index (χ0v) is 24.7. The minimum absolute atomic E-state index is 0.181. The number of hydrogen-bond acceptors (Lipinski definition) is 9. The van der Waals surface area contributed by atoms with E-state index in [2.05, 4.69) is 83.1 Å². The number of fused-ring (bicyclic) bond motifs is 2. The molecule has 0 bridgehead atoms. The van der Waals surface area contributed by atoms with Crippen LogP contribution in [0.5, 0.6) is 6.01 Å². The monoisotopic (exact) mass is 555 g/mol. The van der Waals surface area contributed by atoms with Gasteiger partial charge in [0.15, 0.2) is 0 Å². The summed E-state index contributed by atoms with van der Waals surface area (Å²) < 4.78 is 11.9. The van der Waals surface area contributed by atoms with E-state index in [4.69, 9.17) is 19.4 Å². The molecule has 0 saturated carbocycles. The number of piperazine rings is 1. The van der Waals surface area contributed by atoms with Gasteiger partial charge in [-0.05, 0) is 50.9 Å². The molecule has 2 fully saturated rings. The average molecular weight is 556 g/mol. The van der Waals surface area contributed by atoms with Crippen molar-refractivity contribution in [1.82, 2.24) is 19.8 Å². The fourth-order valence-corrected chi connectivity index (χ4v) is 6.72. The van der Waals surface area contributed by atoms with Crippen molar-refractivity contribution >= 4 is 22.3 Å². The van der Waals surface area contributed by atoms with Gasteiger partial charge < -0.3 is 19.3 Å². The van der Waals surface area contributed by atoms with Gasteiger partial charge in [0, 0.05) is 68.6 Å². The zero-order chi connectivity index (χ0) is 28.5. The number of nitriles is 1. The van der Waals surface area contributed by atoms with Gasteiger partial charge in [-0.1, -0.05) is 30.3 Å². The van der Waals surface area contributed by atoms with Crippen molar-refractivity contribution < 1.29 is 9.47 Å². The number of ether oxygens (including phenoxy) is 2. The van der Waals surface area contributed by atoms with Crippen molar-refractivity contribution in [3.63, 3.8) is 0 Å². The largest absolute Gasteiger partial charge is 0.462 e. The highest BCUT2D eigenvalue weighted by molar-refractivity contribution is 5.97. The van der Waals surface area contributed by atoms with Crippen molar-refractivity contribution in [1.29, 1.82) is 5.26 Å². The lowest BCUT2D eigenvalue weighted by Gasteiger charge is -2.41. The molecular weight excluding hydrogens is 514 g/mol. The van der Waals surface area contributed by atoms with Gasteiger partial charge in [0.05, 0.1) is 30.8 Å². The highest BCUT2D eigenvalue weighted by atomic mass is 16.5. The van der Waals surface area contributed by atoms with Gasteiger partial charge in [-0.2, -0.15) is 15.2 Å². The number of likely N-dealkylation sites (tertiary alicyclic amines) is 1. The second kappa shape index (κ2) is 11.8. The molecule has 3 aliphatic rings. The Bertz CT molecular complexity index is 1430. The maximum atomic E-state index is 9.43. The Morgan fingerprint density at radius 2 is 1.80 bits per heavy atom. The Labute approximate surface area is 243 Å². The third-order valence-corrected chi connectivity index (χ3v) is 9.25. The Balaban J connectivity index is 1.32. The molecule has 9 nitrogen and oxygen atoms in total. The molecule has 41 heavy (non-hydrogen) atoms. The zero-order valence-electron chi connectivity index (χ0n) is 24.7. The lowest BCUT2D eigenvalue weighted by Crippen LogP contribution is -2.52. The SMILES string of the molecule is CO[C@@H]1C[C@H](COc2nc3c(c(N4CCN(C)[C@@H](CC#N)C4)n2)CCN(c2cccc4cccc(C)c24)C3)N(C)C1. The number of nitrogens with zero attached hydrogens (tertiary/aromatic N) is 7. The molecule has 0 spiro atoms. The molecule has 9 heteroatoms. The van der Waals surface area contributed by atoms with Crippen LogP contribution in [0.25, 0.3) is 10.8 Å². The van der Waals surface area contributed by atoms with E-state index < -0.39 is 0 Å². The molecule has 3 atom stereocenters. The second-order valence-electron chi connectivity index (χ2n) is 11.8. The number of methoxy groups -OCH3 is 1. The first-order valence-electron chi connectivity index (χ1n) is 14.8. The number of hydrogen-bond donors (Lipinski definition) is 0. The normalized spacial score (nSPS) is 23.5. The van der Waals surface area contributed by atoms with Gasteiger partial charge in [0.1, 0.15) is 12.4 Å². The number of aromatic nitrogens is 2. The number of rotatable bonds is 7. The number of benzene rings is 2. The van der Waals surface area contributed by atoms with E-state index in [1.807, 2.05) is 0 Å². The van der Waals surface area contributed by atoms with E-state index in [-0.39, 0.29) is 18.2 Å². The standard InChI is InChI=1S/C32H41N7O2/c1-22-7-5-8-23-9-6-10-29(30(22)23)38-14-12-27-28(20-38)34-32(41-21-25-17-26(40-4)19-37(25)3)35-31(27)39-16-15-36(2)24(18-39)11-13-33/h5-10,24-26H,11-12,14-21H2,1-4H3/t24-,25+,26+/m0/s1. The average Bonchev–Trinajstić information content (AvgIpc) is 3.36. The van der Waals surface area contributed by atoms with Crippen LogP contribution < -0.4 is 14.5 Å². The molecule has 1 aromatic heterocycles. The molecule has 2 saturated heterocycles. The minimum Gasteiger partial charge on any atom is -0.462 e. The first kappa shape index (κ1) is 27.7. The van der Waals surface area contributed by atoms with Crippen LogP contribution in [0.15, 0.2) is 36.4 Å². The number of aryl methyl sites for hydroxylation is 1. The molecule has 216 valence electrons. The van der Waals surface area contributed by atoms with Gasteiger partial charge in [0.25, 0.3) is 0 Å². The van der Waals surface area contributed by atoms with Gasteiger partial charge in [-0.3, -0.25) is 9.80 Å². The third-order valence-electron chi connectivity index (χ3n) is 9.25. The van der Waals surface area contributed by atoms with E-state index in [1.165, 1.54) is 27.6 Å². The number of likely N-dealkylation sites (N-methyl/N-ethyl adjacent to an activating group) is 2. The van der Waals surface area contributed by atoms with Crippen LogP contribution in [0.4, 0.5) is 11.5 Å². The maximum absolute atomic E-state index is 9.43. The Morgan fingerprint density at radius 1 is 0.976 bits per heavy atom. The van der Waals surface area contributed by atoms with Crippen molar-refractivity contribution in [2.75, 3.05) is 70.3 Å². The summed E-state index contributed by atoms with van der Waals surface area (Å²) in [7, 11) is 6.01. The summed E-state index contributed by atoms with van der Waals surface area (Å²) in [6.45, 7) is 7.77. The molecule has 0 N–H and O–H groups in total. The van der Waals surface area contributed by atoms with Crippen LogP contribution >= 0.6 is 0 Å². The van der Waals surface area contributed by atoms with E-state index in [1.54, 1.807) is 7.11 Å². The van der Waals surface area contributed by atoms with E-state index >= 15 is 0 Å². The first-order valence-corrected chi connectivity index (χ1v) is 14.8. The van der Waals surface area contributed by atoms with Crippen molar-refractivity contribution in [2.45, 2.75) is 50.9 Å². The molecular formula is C32H41N7O2. The Morgan fingerprint density at radius 3 is 2.59 bits per heavy atom. The summed E-state index contributed by atoms with van der Waals surface area (Å²) in [6, 6.07) is 16.3. The topological polar surface area (TPSA) is 81.0 Å². The lowest BCUT2D eigenvalue weighted by molar-refractivity contribution is 0.111. The summed E-state index contributed by atoms with van der Waals surface area (Å²) in [5.74, 6) is 0.976. The molecule has 0 unspecified atom stereocenters. The fourth-order valence-electron chi connectivity index (χ4n) is 6.72. The lowest BCUT2D eigenvalue weighted by atomic mass is 9.99. The van der Waals surface area contributed by atoms with Crippen LogP contribution in [0.1, 0.15) is 29.7 Å². The predicted octanol–water partition coefficient (Wildman–Crippen LogP) is 3.63. The van der Waals surface area contributed by atoms with E-state index in [0.717, 1.165) is 57.1 Å². The fraction of sp³-hybridized carbons (Fsp3) is 0.531. The van der Waals surface area contributed by atoms with Crippen LogP contribution in [0, 0.1) is 18.3 Å². The van der Waals surface area contributed by atoms with Gasteiger partial charge >= 0.3 is 6.01 Å². The minimum atomic E-state index is 0.181. The molecule has 6 rings (SSSR count). The van der Waals surface area contributed by atoms with Crippen LogP contribution in [-0.4, -0.2) is 98.5 Å². The van der Waals surface area contributed by atoms with Crippen LogP contribution in [-0.2, 0) is 17.7 Å². The summed E-state index contributed by atoms with van der Waals surface area (Å²) >= 11 is 0. The first-order chi connectivity index (χ1) is 19.9. The highest BCUT2D eigenvalue weighted by Crippen LogP contribution is 2.36. The molecule has 2 aromatic carbocycles. The molecule has 0 radical (unpaired) electrons. The molecule has 3 aromatic rings. The maximum Gasteiger partial charge on any atom is 0.318 e. The van der Waals surface area contributed by atoms with E-state index in [9.17, 15) is 5.26 Å². The highest BCUT2D eigenvalue weighted by Gasteiger charge is 2.33. The molecule has 0 aliphatic carbocycles. The van der Waals surface area contributed by atoms with E-state index in [0.29, 0.717) is 25.6 Å². The van der Waals surface area contributed by atoms with Crippen molar-refractivity contribution in [3.05, 3.63) is 53.2 Å². The van der Waals surface area contributed by atoms with Gasteiger partial charge in [0.2, 0.25) is 0 Å². The Kier molecular flexibility index (Phi) is 7.98. The van der Waals surface area contributed by atoms with Crippen LogP contribution in [0.2, 0.25) is 0 Å². The molecule has 4 heterocycles. The van der Waals surface area contributed by atoms with Crippen LogP contribution in [0.3, 0.4) is 0 Å². The summed E-state index contributed by atoms with van der Waals surface area (Å²) in [6.07, 6.45) is 2.54. The molecule has 0 amide bonds. The summed E-state index contributed by atoms with van der Waals surface area (Å²) in [5, 5.41) is 12.0. The van der Waals surface area contributed by atoms with Crippen molar-refractivity contribution in [2.24, 2.45) is 0 Å². The number of anilines is 2. The third kappa shape index (κ3) is 5.56. The predicted molar refractivity (Wildman–Crippen MR) is 162 cm³/mol. The summed E-state index contributed by atoms with van der Waals surface area (Å²) in [4.78, 5) is 19.5. The second-order valence-corrected chi connectivity index (χ2v) is 11.8. The van der Waals surface area contributed by atoms with Gasteiger partial charge in [-0.15, -0.1) is 0 Å². The quantitative estimate of drug-likeness (QED) is 0.434. The van der Waals surface area contributed by atoms with Gasteiger partial charge in [-0.25, -0.2) is 0 Å². The van der Waals surface area contributed by atoms with Crippen molar-refractivity contribution in [3.8, 4) is 12.1 Å².